The summed E-state index contributed by atoms with van der Waals surface area (Å²) >= 11 is 1.57. The van der Waals surface area contributed by atoms with Gasteiger partial charge in [0.25, 0.3) is 0 Å². The summed E-state index contributed by atoms with van der Waals surface area (Å²) in [6.07, 6.45) is 1.95. The molecule has 0 spiro atoms. The third-order valence-electron chi connectivity index (χ3n) is 4.01. The maximum absolute atomic E-state index is 12.9. The zero-order valence-corrected chi connectivity index (χ0v) is 17.8. The first kappa shape index (κ1) is 21.3. The van der Waals surface area contributed by atoms with Crippen LogP contribution in [0.5, 0.6) is 0 Å². The van der Waals surface area contributed by atoms with Crippen LogP contribution in [0.2, 0.25) is 0 Å². The summed E-state index contributed by atoms with van der Waals surface area (Å²) in [7, 11) is -0.926. The van der Waals surface area contributed by atoms with Gasteiger partial charge in [-0.1, -0.05) is 18.2 Å². The SMILES string of the molecule is CSc1cccc(NC(=O)CN(c2cc(C)ccc2C)S(=O)(=O)N(C)C)c1. The van der Waals surface area contributed by atoms with Crippen molar-refractivity contribution < 1.29 is 13.2 Å². The zero-order valence-electron chi connectivity index (χ0n) is 16.2. The lowest BCUT2D eigenvalue weighted by Gasteiger charge is -2.28. The highest BCUT2D eigenvalue weighted by molar-refractivity contribution is 7.98. The molecule has 0 aliphatic heterocycles. The second kappa shape index (κ2) is 8.77. The lowest BCUT2D eigenvalue weighted by Crippen LogP contribution is -2.44. The van der Waals surface area contributed by atoms with Gasteiger partial charge in [0.1, 0.15) is 6.54 Å². The molecule has 0 radical (unpaired) electrons. The van der Waals surface area contributed by atoms with Crippen LogP contribution in [0.3, 0.4) is 0 Å². The summed E-state index contributed by atoms with van der Waals surface area (Å²) < 4.78 is 28.0. The van der Waals surface area contributed by atoms with Crippen LogP contribution in [0.1, 0.15) is 11.1 Å². The number of benzene rings is 2. The predicted molar refractivity (Wildman–Crippen MR) is 113 cm³/mol. The summed E-state index contributed by atoms with van der Waals surface area (Å²) in [6.45, 7) is 3.40. The van der Waals surface area contributed by atoms with E-state index in [1.807, 2.05) is 50.4 Å². The largest absolute Gasteiger partial charge is 0.324 e. The number of amides is 1. The van der Waals surface area contributed by atoms with E-state index in [1.165, 1.54) is 14.1 Å². The van der Waals surface area contributed by atoms with Crippen LogP contribution in [0.15, 0.2) is 47.4 Å². The molecule has 146 valence electrons. The van der Waals surface area contributed by atoms with Crippen molar-refractivity contribution in [2.45, 2.75) is 18.7 Å². The Balaban J connectivity index is 2.34. The number of carbonyl (C=O) groups is 1. The number of nitrogens with zero attached hydrogens (tertiary/aromatic N) is 2. The molecule has 8 heteroatoms. The number of anilines is 2. The molecule has 27 heavy (non-hydrogen) atoms. The van der Waals surface area contributed by atoms with Crippen molar-refractivity contribution in [2.24, 2.45) is 0 Å². The molecule has 1 amide bonds. The molecule has 0 fully saturated rings. The Kier molecular flexibility index (Phi) is 6.91. The van der Waals surface area contributed by atoms with Crippen molar-refractivity contribution in [3.8, 4) is 0 Å². The van der Waals surface area contributed by atoms with Crippen LogP contribution in [-0.4, -0.2) is 45.5 Å². The molecule has 0 heterocycles. The molecule has 0 atom stereocenters. The van der Waals surface area contributed by atoms with E-state index in [0.717, 1.165) is 24.6 Å². The summed E-state index contributed by atoms with van der Waals surface area (Å²) in [5, 5.41) is 2.79. The van der Waals surface area contributed by atoms with Gasteiger partial charge in [0.15, 0.2) is 0 Å². The highest BCUT2D eigenvalue weighted by Gasteiger charge is 2.28. The molecule has 0 aliphatic carbocycles. The molecule has 0 aromatic heterocycles. The maximum atomic E-state index is 12.9. The number of carbonyl (C=O) groups excluding carboxylic acids is 1. The van der Waals surface area contributed by atoms with Gasteiger partial charge in [-0.2, -0.15) is 12.7 Å². The molecule has 2 aromatic rings. The van der Waals surface area contributed by atoms with Gasteiger partial charge in [0.05, 0.1) is 5.69 Å². The van der Waals surface area contributed by atoms with Crippen molar-refractivity contribution in [3.63, 3.8) is 0 Å². The first-order valence-electron chi connectivity index (χ1n) is 8.36. The molecule has 2 rings (SSSR count). The Morgan fingerprint density at radius 1 is 1.11 bits per heavy atom. The molecule has 6 nitrogen and oxygen atoms in total. The van der Waals surface area contributed by atoms with Gasteiger partial charge in [0.2, 0.25) is 5.91 Å². The Bertz CT molecular complexity index is 928. The van der Waals surface area contributed by atoms with E-state index in [2.05, 4.69) is 5.32 Å². The monoisotopic (exact) mass is 407 g/mol. The lowest BCUT2D eigenvalue weighted by atomic mass is 10.1. The summed E-state index contributed by atoms with van der Waals surface area (Å²) in [5.41, 5.74) is 2.83. The smallest absolute Gasteiger partial charge is 0.304 e. The summed E-state index contributed by atoms with van der Waals surface area (Å²) in [5.74, 6) is -0.403. The van der Waals surface area contributed by atoms with Gasteiger partial charge in [-0.15, -0.1) is 11.8 Å². The Labute approximate surface area is 165 Å². The van der Waals surface area contributed by atoms with Gasteiger partial charge in [0, 0.05) is 24.7 Å². The van der Waals surface area contributed by atoms with Crippen LogP contribution in [0, 0.1) is 13.8 Å². The fourth-order valence-corrected chi connectivity index (χ4v) is 4.09. The number of rotatable bonds is 7. The molecule has 0 saturated heterocycles. The van der Waals surface area contributed by atoms with E-state index in [9.17, 15) is 13.2 Å². The fourth-order valence-electron chi connectivity index (χ4n) is 2.51. The van der Waals surface area contributed by atoms with Gasteiger partial charge >= 0.3 is 10.2 Å². The quantitative estimate of drug-likeness (QED) is 0.715. The number of aryl methyl sites for hydroxylation is 2. The van der Waals surface area contributed by atoms with Gasteiger partial charge in [-0.05, 0) is 55.5 Å². The van der Waals surface area contributed by atoms with Crippen LogP contribution in [-0.2, 0) is 15.0 Å². The highest BCUT2D eigenvalue weighted by Crippen LogP contribution is 2.25. The molecule has 2 aromatic carbocycles. The Morgan fingerprint density at radius 2 is 1.81 bits per heavy atom. The molecule has 0 bridgehead atoms. The third-order valence-corrected chi connectivity index (χ3v) is 6.55. The van der Waals surface area contributed by atoms with E-state index in [1.54, 1.807) is 23.9 Å². The minimum Gasteiger partial charge on any atom is -0.324 e. The Hall–Kier alpha value is -2.03. The van der Waals surface area contributed by atoms with Gasteiger partial charge in [-0.3, -0.25) is 4.79 Å². The van der Waals surface area contributed by atoms with Crippen molar-refractivity contribution in [2.75, 3.05) is 36.5 Å². The molecule has 0 saturated carbocycles. The van der Waals surface area contributed by atoms with Crippen LogP contribution in [0.4, 0.5) is 11.4 Å². The lowest BCUT2D eigenvalue weighted by molar-refractivity contribution is -0.114. The second-order valence-corrected chi connectivity index (χ2v) is 9.31. The molecular formula is C19H25N3O3S2. The summed E-state index contributed by atoms with van der Waals surface area (Å²) in [6, 6.07) is 13.0. The second-order valence-electron chi connectivity index (χ2n) is 6.37. The number of thioether (sulfide) groups is 1. The molecule has 0 unspecified atom stereocenters. The van der Waals surface area contributed by atoms with Crippen LogP contribution in [0.25, 0.3) is 0 Å². The average Bonchev–Trinajstić information content (AvgIpc) is 2.61. The number of hydrogen-bond donors (Lipinski definition) is 1. The zero-order chi connectivity index (χ0) is 20.2. The van der Waals surface area contributed by atoms with E-state index in [-0.39, 0.29) is 6.54 Å². The molecule has 0 aliphatic rings. The van der Waals surface area contributed by atoms with E-state index in [4.69, 9.17) is 0 Å². The van der Waals surface area contributed by atoms with Gasteiger partial charge in [-0.25, -0.2) is 4.31 Å². The summed E-state index contributed by atoms with van der Waals surface area (Å²) in [4.78, 5) is 13.6. The van der Waals surface area contributed by atoms with Crippen molar-refractivity contribution >= 4 is 39.3 Å². The van der Waals surface area contributed by atoms with Gasteiger partial charge < -0.3 is 5.32 Å². The fraction of sp³-hybridized carbons (Fsp3) is 0.316. The predicted octanol–water partition coefficient (Wildman–Crippen LogP) is 3.28. The van der Waals surface area contributed by atoms with E-state index < -0.39 is 16.1 Å². The third kappa shape index (κ3) is 5.24. The molecule has 1 N–H and O–H groups in total. The number of nitrogens with one attached hydrogen (secondary N) is 1. The normalized spacial score (nSPS) is 11.5. The first-order valence-corrected chi connectivity index (χ1v) is 11.0. The Morgan fingerprint density at radius 3 is 2.44 bits per heavy atom. The topological polar surface area (TPSA) is 69.7 Å². The van der Waals surface area contributed by atoms with Crippen molar-refractivity contribution in [1.29, 1.82) is 0 Å². The maximum Gasteiger partial charge on any atom is 0.304 e. The van der Waals surface area contributed by atoms with Crippen LogP contribution >= 0.6 is 11.8 Å². The minimum atomic E-state index is -3.83. The molecular weight excluding hydrogens is 382 g/mol. The highest BCUT2D eigenvalue weighted by atomic mass is 32.2. The van der Waals surface area contributed by atoms with E-state index in [0.29, 0.717) is 11.4 Å². The van der Waals surface area contributed by atoms with Crippen LogP contribution < -0.4 is 9.62 Å². The average molecular weight is 408 g/mol. The minimum absolute atomic E-state index is 0.311. The number of hydrogen-bond acceptors (Lipinski definition) is 4. The van der Waals surface area contributed by atoms with Crippen molar-refractivity contribution in [3.05, 3.63) is 53.6 Å². The standard InChI is InChI=1S/C19H25N3O3S2/c1-14-9-10-15(2)18(11-14)22(27(24,25)21(3)4)13-19(23)20-16-7-6-8-17(12-16)26-5/h6-12H,13H2,1-5H3,(H,20,23). The first-order chi connectivity index (χ1) is 12.6. The van der Waals surface area contributed by atoms with E-state index >= 15 is 0 Å². The van der Waals surface area contributed by atoms with Crippen molar-refractivity contribution in [1.82, 2.24) is 4.31 Å².